The van der Waals surface area contributed by atoms with Crippen molar-refractivity contribution in [3.63, 3.8) is 0 Å². The molecule has 1 aromatic carbocycles. The first-order chi connectivity index (χ1) is 9.31. The number of nitrogens with one attached hydrogen (secondary N) is 1. The quantitative estimate of drug-likeness (QED) is 0.891. The molecule has 2 aliphatic rings. The van der Waals surface area contributed by atoms with Gasteiger partial charge in [-0.1, -0.05) is 6.07 Å². The summed E-state index contributed by atoms with van der Waals surface area (Å²) in [5.41, 5.74) is 1.95. The number of halogens is 1. The van der Waals surface area contributed by atoms with Crippen molar-refractivity contribution in [1.82, 2.24) is 5.32 Å². The molecule has 1 aromatic rings. The molecule has 0 bridgehead atoms. The Kier molecular flexibility index (Phi) is 4.11. The van der Waals surface area contributed by atoms with Crippen molar-refractivity contribution in [3.05, 3.63) is 35.1 Å². The number of hydrogen-bond donors (Lipinski definition) is 1. The SMILES string of the molecule is Fc1ccc2c(c1)COC(CC1CCNCC1)OC2. The predicted molar refractivity (Wildman–Crippen MR) is 70.0 cm³/mol. The molecule has 1 fully saturated rings. The second-order valence-electron chi connectivity index (χ2n) is 5.39. The largest absolute Gasteiger partial charge is 0.348 e. The summed E-state index contributed by atoms with van der Waals surface area (Å²) in [4.78, 5) is 0. The summed E-state index contributed by atoms with van der Waals surface area (Å²) in [6, 6.07) is 4.82. The molecule has 1 unspecified atom stereocenters. The van der Waals surface area contributed by atoms with Gasteiger partial charge in [0, 0.05) is 6.42 Å². The van der Waals surface area contributed by atoms with Gasteiger partial charge in [0.1, 0.15) is 5.82 Å². The van der Waals surface area contributed by atoms with Crippen LogP contribution in [-0.2, 0) is 22.7 Å². The minimum absolute atomic E-state index is 0.154. The molecule has 19 heavy (non-hydrogen) atoms. The molecule has 0 radical (unpaired) electrons. The van der Waals surface area contributed by atoms with Crippen LogP contribution in [0.2, 0.25) is 0 Å². The maximum absolute atomic E-state index is 13.2. The van der Waals surface area contributed by atoms with Crippen molar-refractivity contribution in [3.8, 4) is 0 Å². The monoisotopic (exact) mass is 265 g/mol. The van der Waals surface area contributed by atoms with Gasteiger partial charge in [0.25, 0.3) is 0 Å². The molecule has 0 aliphatic carbocycles. The Balaban J connectivity index is 1.59. The Morgan fingerprint density at radius 1 is 1.11 bits per heavy atom. The summed E-state index contributed by atoms with van der Waals surface area (Å²) in [5.74, 6) is 0.461. The topological polar surface area (TPSA) is 30.5 Å². The summed E-state index contributed by atoms with van der Waals surface area (Å²) < 4.78 is 24.8. The Morgan fingerprint density at radius 2 is 1.84 bits per heavy atom. The fraction of sp³-hybridized carbons (Fsp3) is 0.600. The molecule has 0 spiro atoms. The van der Waals surface area contributed by atoms with E-state index in [1.54, 1.807) is 12.1 Å². The molecular weight excluding hydrogens is 245 g/mol. The van der Waals surface area contributed by atoms with Crippen LogP contribution in [0.15, 0.2) is 18.2 Å². The van der Waals surface area contributed by atoms with Gasteiger partial charge >= 0.3 is 0 Å². The lowest BCUT2D eigenvalue weighted by atomic mass is 9.94. The van der Waals surface area contributed by atoms with Crippen molar-refractivity contribution in [2.24, 2.45) is 5.92 Å². The van der Waals surface area contributed by atoms with Gasteiger partial charge in [-0.25, -0.2) is 4.39 Å². The van der Waals surface area contributed by atoms with E-state index in [0.717, 1.165) is 30.6 Å². The summed E-state index contributed by atoms with van der Waals surface area (Å²) in [7, 11) is 0. The molecule has 1 atom stereocenters. The van der Waals surface area contributed by atoms with Gasteiger partial charge in [0.2, 0.25) is 0 Å². The van der Waals surface area contributed by atoms with Crippen molar-refractivity contribution in [2.45, 2.75) is 38.8 Å². The highest BCUT2D eigenvalue weighted by Crippen LogP contribution is 2.25. The van der Waals surface area contributed by atoms with Crippen LogP contribution in [0.1, 0.15) is 30.4 Å². The second-order valence-corrected chi connectivity index (χ2v) is 5.39. The van der Waals surface area contributed by atoms with Crippen LogP contribution in [0.3, 0.4) is 0 Å². The van der Waals surface area contributed by atoms with Gasteiger partial charge in [-0.3, -0.25) is 0 Å². The van der Waals surface area contributed by atoms with Gasteiger partial charge in [0.05, 0.1) is 13.2 Å². The lowest BCUT2D eigenvalue weighted by Crippen LogP contribution is -2.30. The minimum atomic E-state index is -0.209. The van der Waals surface area contributed by atoms with Gasteiger partial charge in [-0.15, -0.1) is 0 Å². The summed E-state index contributed by atoms with van der Waals surface area (Å²) >= 11 is 0. The molecule has 2 heterocycles. The van der Waals surface area contributed by atoms with E-state index in [1.807, 2.05) is 0 Å². The van der Waals surface area contributed by atoms with E-state index in [4.69, 9.17) is 9.47 Å². The molecule has 4 heteroatoms. The highest BCUT2D eigenvalue weighted by molar-refractivity contribution is 5.27. The normalized spacial score (nSPS) is 24.8. The van der Waals surface area contributed by atoms with Crippen LogP contribution in [0.4, 0.5) is 4.39 Å². The molecule has 1 N–H and O–H groups in total. The average molecular weight is 265 g/mol. The lowest BCUT2D eigenvalue weighted by molar-refractivity contribution is -0.159. The van der Waals surface area contributed by atoms with E-state index >= 15 is 0 Å². The summed E-state index contributed by atoms with van der Waals surface area (Å²) in [5, 5.41) is 3.36. The van der Waals surface area contributed by atoms with Crippen molar-refractivity contribution in [2.75, 3.05) is 13.1 Å². The highest BCUT2D eigenvalue weighted by Gasteiger charge is 2.22. The molecule has 1 saturated heterocycles. The first kappa shape index (κ1) is 13.0. The van der Waals surface area contributed by atoms with E-state index in [2.05, 4.69) is 5.32 Å². The number of fused-ring (bicyclic) bond motifs is 1. The maximum Gasteiger partial charge on any atom is 0.158 e. The summed E-state index contributed by atoms with van der Waals surface area (Å²) in [6.07, 6.45) is 3.16. The maximum atomic E-state index is 13.2. The first-order valence-electron chi connectivity index (χ1n) is 7.02. The Morgan fingerprint density at radius 3 is 2.63 bits per heavy atom. The molecule has 0 aromatic heterocycles. The summed E-state index contributed by atoms with van der Waals surface area (Å²) in [6.45, 7) is 3.14. The molecular formula is C15H20FNO2. The second kappa shape index (κ2) is 5.99. The Bertz CT molecular complexity index is 432. The zero-order chi connectivity index (χ0) is 13.1. The Labute approximate surface area is 113 Å². The van der Waals surface area contributed by atoms with Crippen LogP contribution in [-0.4, -0.2) is 19.4 Å². The van der Waals surface area contributed by atoms with Crippen LogP contribution < -0.4 is 5.32 Å². The molecule has 104 valence electrons. The van der Waals surface area contributed by atoms with Gasteiger partial charge < -0.3 is 14.8 Å². The number of hydrogen-bond acceptors (Lipinski definition) is 3. The third-order valence-corrected chi connectivity index (χ3v) is 4.00. The third-order valence-electron chi connectivity index (χ3n) is 4.00. The molecule has 3 nitrogen and oxygen atoms in total. The minimum Gasteiger partial charge on any atom is -0.348 e. The fourth-order valence-electron chi connectivity index (χ4n) is 2.81. The highest BCUT2D eigenvalue weighted by atomic mass is 19.1. The number of ether oxygens (including phenoxy) is 2. The van der Waals surface area contributed by atoms with Crippen molar-refractivity contribution < 1.29 is 13.9 Å². The number of piperidine rings is 1. The van der Waals surface area contributed by atoms with Gasteiger partial charge in [-0.05, 0) is 55.1 Å². The van der Waals surface area contributed by atoms with E-state index in [9.17, 15) is 4.39 Å². The number of benzene rings is 1. The van der Waals surface area contributed by atoms with Gasteiger partial charge in [0.15, 0.2) is 6.29 Å². The van der Waals surface area contributed by atoms with Crippen LogP contribution in [0, 0.1) is 11.7 Å². The van der Waals surface area contributed by atoms with E-state index < -0.39 is 0 Å². The molecule has 2 aliphatic heterocycles. The third kappa shape index (κ3) is 3.32. The van der Waals surface area contributed by atoms with Crippen LogP contribution in [0.5, 0.6) is 0 Å². The first-order valence-corrected chi connectivity index (χ1v) is 7.02. The molecule has 0 amide bonds. The zero-order valence-corrected chi connectivity index (χ0v) is 11.0. The van der Waals surface area contributed by atoms with Crippen molar-refractivity contribution >= 4 is 0 Å². The lowest BCUT2D eigenvalue weighted by Gasteiger charge is -2.26. The van der Waals surface area contributed by atoms with Crippen LogP contribution in [0.25, 0.3) is 0 Å². The molecule has 3 rings (SSSR count). The van der Waals surface area contributed by atoms with E-state index in [-0.39, 0.29) is 12.1 Å². The smallest absolute Gasteiger partial charge is 0.158 e. The predicted octanol–water partition coefficient (Wildman–Crippen LogP) is 2.59. The van der Waals surface area contributed by atoms with Crippen LogP contribution >= 0.6 is 0 Å². The molecule has 0 saturated carbocycles. The van der Waals surface area contributed by atoms with E-state index in [0.29, 0.717) is 19.1 Å². The average Bonchev–Trinajstić information content (AvgIpc) is 2.63. The van der Waals surface area contributed by atoms with Gasteiger partial charge in [-0.2, -0.15) is 0 Å². The zero-order valence-electron chi connectivity index (χ0n) is 11.0. The fourth-order valence-corrected chi connectivity index (χ4v) is 2.81. The Hall–Kier alpha value is -0.970. The number of rotatable bonds is 2. The van der Waals surface area contributed by atoms with E-state index in [1.165, 1.54) is 18.9 Å². The van der Waals surface area contributed by atoms with Crippen molar-refractivity contribution in [1.29, 1.82) is 0 Å². The standard InChI is InChI=1S/C15H20FNO2/c16-14-2-1-12-9-18-15(19-10-13(12)8-14)7-11-3-5-17-6-4-11/h1-2,8,11,15,17H,3-7,9-10H2.